The van der Waals surface area contributed by atoms with Crippen LogP contribution in [0.25, 0.3) is 0 Å². The smallest absolute Gasteiger partial charge is 0.261 e. The number of fused-ring (bicyclic) bond motifs is 1. The topological polar surface area (TPSA) is 118 Å². The maximum Gasteiger partial charge on any atom is 0.261 e. The van der Waals surface area contributed by atoms with Gasteiger partial charge in [-0.3, -0.25) is 19.6 Å². The first-order chi connectivity index (χ1) is 19.5. The monoisotopic (exact) mass is 556 g/mol. The van der Waals surface area contributed by atoms with E-state index in [0.29, 0.717) is 16.9 Å². The van der Waals surface area contributed by atoms with Crippen molar-refractivity contribution in [3.05, 3.63) is 113 Å². The molecule has 0 aliphatic carbocycles. The molecule has 3 aromatic carbocycles. The lowest BCUT2D eigenvalue weighted by molar-refractivity contribution is -0.268. The minimum atomic E-state index is -0.618. The number of amides is 2. The van der Waals surface area contributed by atoms with Crippen LogP contribution in [0.3, 0.4) is 0 Å². The molecule has 3 heterocycles. The lowest BCUT2D eigenvalue weighted by Crippen LogP contribution is -2.38. The molecule has 0 spiro atoms. The number of hydrogen-bond acceptors (Lipinski definition) is 8. The zero-order valence-electron chi connectivity index (χ0n) is 21.8. The summed E-state index contributed by atoms with van der Waals surface area (Å²) in [7, 11) is 0. The molecule has 2 aliphatic rings. The van der Waals surface area contributed by atoms with Gasteiger partial charge in [-0.1, -0.05) is 79.3 Å². The van der Waals surface area contributed by atoms with Gasteiger partial charge >= 0.3 is 0 Å². The van der Waals surface area contributed by atoms with Crippen LogP contribution in [0.2, 0.25) is 0 Å². The Labute approximate surface area is 235 Å². The predicted octanol–water partition coefficient (Wildman–Crippen LogP) is 4.68. The Hall–Kier alpha value is -3.83. The molecule has 4 aromatic rings. The number of benzene rings is 3. The Morgan fingerprint density at radius 2 is 1.55 bits per heavy atom. The van der Waals surface area contributed by atoms with E-state index in [1.807, 2.05) is 48.5 Å². The largest absolute Gasteiger partial charge is 0.392 e. The normalized spacial score (nSPS) is 22.5. The third-order valence-corrected chi connectivity index (χ3v) is 8.34. The summed E-state index contributed by atoms with van der Waals surface area (Å²) in [4.78, 5) is 31.1. The summed E-state index contributed by atoms with van der Waals surface area (Å²) in [5.41, 5.74) is 4.39. The minimum absolute atomic E-state index is 0.0173. The summed E-state index contributed by atoms with van der Waals surface area (Å²) < 4.78 is 13.0. The van der Waals surface area contributed by atoms with Crippen molar-refractivity contribution in [3.8, 4) is 0 Å². The van der Waals surface area contributed by atoms with E-state index in [-0.39, 0.29) is 43.1 Å². The van der Waals surface area contributed by atoms with Crippen LogP contribution in [0, 0.1) is 5.92 Å². The Morgan fingerprint density at radius 1 is 0.900 bits per heavy atom. The molecular formula is C30H28N4O5S. The van der Waals surface area contributed by atoms with Crippen molar-refractivity contribution in [2.75, 3.05) is 5.75 Å². The van der Waals surface area contributed by atoms with Crippen LogP contribution >= 0.6 is 11.8 Å². The highest BCUT2D eigenvalue weighted by Gasteiger charge is 2.39. The zero-order valence-corrected chi connectivity index (χ0v) is 22.6. The summed E-state index contributed by atoms with van der Waals surface area (Å²) in [6.45, 7) is 2.28. The van der Waals surface area contributed by atoms with E-state index in [1.54, 1.807) is 36.0 Å². The van der Waals surface area contributed by atoms with E-state index >= 15 is 0 Å². The maximum atomic E-state index is 12.8. The molecule has 1 aromatic heterocycles. The van der Waals surface area contributed by atoms with Gasteiger partial charge < -0.3 is 14.6 Å². The molecule has 4 atom stereocenters. The van der Waals surface area contributed by atoms with Crippen molar-refractivity contribution in [3.63, 3.8) is 0 Å². The van der Waals surface area contributed by atoms with Crippen molar-refractivity contribution in [2.24, 2.45) is 5.92 Å². The molecule has 2 N–H and O–H groups in total. The molecule has 0 saturated carbocycles. The molecule has 1 fully saturated rings. The molecule has 40 heavy (non-hydrogen) atoms. The van der Waals surface area contributed by atoms with Crippen molar-refractivity contribution in [2.45, 2.75) is 43.7 Å². The number of hydrogen-bond donors (Lipinski definition) is 2. The van der Waals surface area contributed by atoms with E-state index in [0.717, 1.165) is 27.4 Å². The molecule has 0 bridgehead atoms. The number of nitrogens with one attached hydrogen (secondary N) is 1. The number of carbonyl (C=O) groups is 2. The van der Waals surface area contributed by atoms with Gasteiger partial charge in [0, 0.05) is 17.2 Å². The number of aliphatic hydroxyl groups is 1. The standard InChI is InChI=1S/C30H28N4O5S/c1-18-25(16-40-30-31-17-32-33-30)38-29(39-26(18)21-10-8-20(15-35)9-11-21)22-12-6-19(7-13-22)14-34-27(36)23-4-2-3-5-24(23)28(34)37/h2-13,17-18,25-26,29,35H,14-16H2,1H3,(H,31,32,33). The first-order valence-electron chi connectivity index (χ1n) is 13.0. The summed E-state index contributed by atoms with van der Waals surface area (Å²) in [5.74, 6) is 0.137. The highest BCUT2D eigenvalue weighted by atomic mass is 32.2. The first kappa shape index (κ1) is 26.4. The fourth-order valence-corrected chi connectivity index (χ4v) is 6.02. The second-order valence-electron chi connectivity index (χ2n) is 9.91. The third kappa shape index (κ3) is 5.18. The third-order valence-electron chi connectivity index (χ3n) is 7.37. The maximum absolute atomic E-state index is 12.8. The molecule has 4 unspecified atom stereocenters. The number of H-pyrrole nitrogens is 1. The van der Waals surface area contributed by atoms with Crippen molar-refractivity contribution >= 4 is 23.6 Å². The molecule has 2 amide bonds. The van der Waals surface area contributed by atoms with Gasteiger partial charge in [-0.05, 0) is 28.8 Å². The van der Waals surface area contributed by atoms with Gasteiger partial charge in [-0.2, -0.15) is 5.10 Å². The molecule has 1 saturated heterocycles. The van der Waals surface area contributed by atoms with Crippen molar-refractivity contribution in [1.82, 2.24) is 20.1 Å². The van der Waals surface area contributed by atoms with Crippen LogP contribution in [0.1, 0.15) is 62.3 Å². The van der Waals surface area contributed by atoms with Crippen LogP contribution in [0.5, 0.6) is 0 Å². The van der Waals surface area contributed by atoms with Gasteiger partial charge in [0.05, 0.1) is 36.5 Å². The van der Waals surface area contributed by atoms with Gasteiger partial charge in [0.1, 0.15) is 6.33 Å². The molecule has 10 heteroatoms. The van der Waals surface area contributed by atoms with Crippen molar-refractivity contribution < 1.29 is 24.2 Å². The second kappa shape index (κ2) is 11.3. The second-order valence-corrected chi connectivity index (χ2v) is 10.9. The summed E-state index contributed by atoms with van der Waals surface area (Å²) in [5, 5.41) is 17.0. The number of thioether (sulfide) groups is 1. The van der Waals surface area contributed by atoms with Crippen LogP contribution in [0.4, 0.5) is 0 Å². The Morgan fingerprint density at radius 3 is 2.17 bits per heavy atom. The lowest BCUT2D eigenvalue weighted by atomic mass is 9.91. The summed E-state index contributed by atoms with van der Waals surface area (Å²) in [6.07, 6.45) is 0.487. The molecule has 0 radical (unpaired) electrons. The number of aromatic nitrogens is 3. The van der Waals surface area contributed by atoms with E-state index < -0.39 is 6.29 Å². The first-order valence-corrected chi connectivity index (χ1v) is 14.0. The van der Waals surface area contributed by atoms with Crippen molar-refractivity contribution in [1.29, 1.82) is 0 Å². The number of aliphatic hydroxyl groups excluding tert-OH is 1. The predicted molar refractivity (Wildman–Crippen MR) is 147 cm³/mol. The number of nitrogens with zero attached hydrogens (tertiary/aromatic N) is 3. The SMILES string of the molecule is CC1C(CSc2ncn[nH]2)OC(c2ccc(CN3C(=O)c4ccccc4C3=O)cc2)OC1c1ccc(CO)cc1. The van der Waals surface area contributed by atoms with E-state index in [9.17, 15) is 14.7 Å². The average molecular weight is 557 g/mol. The van der Waals surface area contributed by atoms with E-state index in [1.165, 1.54) is 11.2 Å². The molecular weight excluding hydrogens is 528 g/mol. The van der Waals surface area contributed by atoms with Gasteiger partial charge in [-0.25, -0.2) is 4.98 Å². The number of carbonyl (C=O) groups excluding carboxylic acids is 2. The van der Waals surface area contributed by atoms with Crippen LogP contribution < -0.4 is 0 Å². The molecule has 9 nitrogen and oxygen atoms in total. The summed E-state index contributed by atoms with van der Waals surface area (Å²) in [6, 6.07) is 22.3. The van der Waals surface area contributed by atoms with Gasteiger partial charge in [0.25, 0.3) is 11.8 Å². The van der Waals surface area contributed by atoms with Crippen LogP contribution in [0.15, 0.2) is 84.3 Å². The number of imide groups is 1. The molecule has 6 rings (SSSR count). The quantitative estimate of drug-likeness (QED) is 0.237. The average Bonchev–Trinajstić information content (AvgIpc) is 3.60. The van der Waals surface area contributed by atoms with Gasteiger partial charge in [-0.15, -0.1) is 0 Å². The fourth-order valence-electron chi connectivity index (χ4n) is 5.08. The van der Waals surface area contributed by atoms with Gasteiger partial charge in [0.15, 0.2) is 11.4 Å². The molecule has 204 valence electrons. The van der Waals surface area contributed by atoms with E-state index in [2.05, 4.69) is 22.1 Å². The minimum Gasteiger partial charge on any atom is -0.392 e. The molecule has 2 aliphatic heterocycles. The highest BCUT2D eigenvalue weighted by molar-refractivity contribution is 7.99. The van der Waals surface area contributed by atoms with Crippen LogP contribution in [-0.4, -0.2) is 48.9 Å². The summed E-state index contributed by atoms with van der Waals surface area (Å²) >= 11 is 1.54. The Balaban J connectivity index is 1.20. The van der Waals surface area contributed by atoms with Crippen LogP contribution in [-0.2, 0) is 22.6 Å². The number of rotatable bonds is 8. The van der Waals surface area contributed by atoms with Gasteiger partial charge in [0.2, 0.25) is 0 Å². The number of ether oxygens (including phenoxy) is 2. The zero-order chi connectivity index (χ0) is 27.6. The lowest BCUT2D eigenvalue weighted by Gasteiger charge is -2.41. The van der Waals surface area contributed by atoms with E-state index in [4.69, 9.17) is 9.47 Å². The Bertz CT molecular complexity index is 1460. The fraction of sp³-hybridized carbons (Fsp3) is 0.267. The number of aromatic amines is 1. The highest BCUT2D eigenvalue weighted by Crippen LogP contribution is 2.43. The Kier molecular flexibility index (Phi) is 7.48.